The standard InChI is InChI=1S/C14H21ClN2O3/c1-14(2,3)17-7-9-5-10(15)13(11(6-9)19-4)20-8-12(16)18/h5-6,17H,7-8H2,1-4H3,(H2,16,18). The number of rotatable bonds is 6. The number of primary amides is 1. The van der Waals surface area contributed by atoms with Crippen LogP contribution in [0.3, 0.4) is 0 Å². The first-order valence-corrected chi connectivity index (χ1v) is 6.63. The number of ether oxygens (including phenoxy) is 2. The Morgan fingerprint density at radius 1 is 1.40 bits per heavy atom. The molecule has 0 aliphatic heterocycles. The molecule has 0 atom stereocenters. The van der Waals surface area contributed by atoms with Gasteiger partial charge in [0.15, 0.2) is 18.1 Å². The van der Waals surface area contributed by atoms with E-state index in [2.05, 4.69) is 26.1 Å². The maximum atomic E-state index is 10.8. The summed E-state index contributed by atoms with van der Waals surface area (Å²) < 4.78 is 10.5. The van der Waals surface area contributed by atoms with Crippen LogP contribution < -0.4 is 20.5 Å². The molecule has 0 heterocycles. The molecule has 1 amide bonds. The lowest BCUT2D eigenvalue weighted by Gasteiger charge is -2.21. The third-order valence-corrected chi connectivity index (χ3v) is 2.75. The van der Waals surface area contributed by atoms with E-state index in [1.54, 1.807) is 6.07 Å². The highest BCUT2D eigenvalue weighted by Crippen LogP contribution is 2.36. The van der Waals surface area contributed by atoms with E-state index < -0.39 is 5.91 Å². The summed E-state index contributed by atoms with van der Waals surface area (Å²) in [7, 11) is 1.52. The lowest BCUT2D eigenvalue weighted by Crippen LogP contribution is -2.35. The molecule has 1 aromatic rings. The van der Waals surface area contributed by atoms with Gasteiger partial charge in [-0.3, -0.25) is 4.79 Å². The van der Waals surface area contributed by atoms with Gasteiger partial charge >= 0.3 is 0 Å². The minimum Gasteiger partial charge on any atom is -0.493 e. The van der Waals surface area contributed by atoms with Gasteiger partial charge in [0.05, 0.1) is 12.1 Å². The maximum absolute atomic E-state index is 10.8. The predicted molar refractivity (Wildman–Crippen MR) is 79.3 cm³/mol. The van der Waals surface area contributed by atoms with Gasteiger partial charge in [-0.05, 0) is 38.5 Å². The Labute approximate surface area is 124 Å². The number of methoxy groups -OCH3 is 1. The van der Waals surface area contributed by atoms with Crippen LogP contribution >= 0.6 is 11.6 Å². The number of carbonyl (C=O) groups is 1. The number of nitrogens with two attached hydrogens (primary N) is 1. The van der Waals surface area contributed by atoms with E-state index in [0.717, 1.165) is 5.56 Å². The Bertz CT molecular complexity index is 484. The summed E-state index contributed by atoms with van der Waals surface area (Å²) in [6.07, 6.45) is 0. The SMILES string of the molecule is COc1cc(CNC(C)(C)C)cc(Cl)c1OCC(N)=O. The molecule has 0 unspecified atom stereocenters. The van der Waals surface area contributed by atoms with Gasteiger partial charge in [-0.1, -0.05) is 11.6 Å². The van der Waals surface area contributed by atoms with Crippen molar-refractivity contribution in [2.45, 2.75) is 32.9 Å². The minimum atomic E-state index is -0.568. The fourth-order valence-corrected chi connectivity index (χ4v) is 1.81. The maximum Gasteiger partial charge on any atom is 0.255 e. The van der Waals surface area contributed by atoms with Crippen molar-refractivity contribution in [3.63, 3.8) is 0 Å². The van der Waals surface area contributed by atoms with Crippen LogP contribution in [0.2, 0.25) is 5.02 Å². The summed E-state index contributed by atoms with van der Waals surface area (Å²) in [5.41, 5.74) is 6.02. The molecule has 3 N–H and O–H groups in total. The molecule has 0 radical (unpaired) electrons. The van der Waals surface area contributed by atoms with E-state index in [-0.39, 0.29) is 12.1 Å². The van der Waals surface area contributed by atoms with Crippen LogP contribution in [0.1, 0.15) is 26.3 Å². The number of nitrogens with one attached hydrogen (secondary N) is 1. The van der Waals surface area contributed by atoms with Gasteiger partial charge in [0, 0.05) is 12.1 Å². The molecule has 0 saturated carbocycles. The van der Waals surface area contributed by atoms with E-state index >= 15 is 0 Å². The molecule has 0 aromatic heterocycles. The summed E-state index contributed by atoms with van der Waals surface area (Å²) in [6, 6.07) is 3.60. The molecule has 0 fully saturated rings. The molecular formula is C14H21ClN2O3. The normalized spacial score (nSPS) is 11.2. The van der Waals surface area contributed by atoms with Gasteiger partial charge < -0.3 is 20.5 Å². The zero-order valence-electron chi connectivity index (χ0n) is 12.2. The molecular weight excluding hydrogens is 280 g/mol. The van der Waals surface area contributed by atoms with Crippen molar-refractivity contribution in [2.75, 3.05) is 13.7 Å². The monoisotopic (exact) mass is 300 g/mol. The van der Waals surface area contributed by atoms with Crippen molar-refractivity contribution in [1.29, 1.82) is 0 Å². The van der Waals surface area contributed by atoms with Crippen molar-refractivity contribution in [3.8, 4) is 11.5 Å². The van der Waals surface area contributed by atoms with E-state index in [1.807, 2.05) is 6.07 Å². The van der Waals surface area contributed by atoms with Crippen LogP contribution in [-0.4, -0.2) is 25.2 Å². The average molecular weight is 301 g/mol. The summed E-state index contributed by atoms with van der Waals surface area (Å²) in [5, 5.41) is 3.74. The fourth-order valence-electron chi connectivity index (χ4n) is 1.53. The van der Waals surface area contributed by atoms with Crippen LogP contribution in [0.25, 0.3) is 0 Å². The zero-order valence-corrected chi connectivity index (χ0v) is 13.0. The van der Waals surface area contributed by atoms with Crippen molar-refractivity contribution in [3.05, 3.63) is 22.7 Å². The molecule has 0 aliphatic carbocycles. The first-order valence-electron chi connectivity index (χ1n) is 6.25. The number of halogens is 1. The Balaban J connectivity index is 2.92. The van der Waals surface area contributed by atoms with Gasteiger partial charge in [-0.2, -0.15) is 0 Å². The third kappa shape index (κ3) is 5.27. The molecule has 1 aromatic carbocycles. The average Bonchev–Trinajstić information content (AvgIpc) is 2.33. The summed E-state index contributed by atoms with van der Waals surface area (Å²) >= 11 is 6.16. The Hall–Kier alpha value is -1.46. The molecule has 1 rings (SSSR count). The smallest absolute Gasteiger partial charge is 0.255 e. The number of hydrogen-bond acceptors (Lipinski definition) is 4. The van der Waals surface area contributed by atoms with Crippen LogP contribution in [0.15, 0.2) is 12.1 Å². The lowest BCUT2D eigenvalue weighted by atomic mass is 10.1. The fraction of sp³-hybridized carbons (Fsp3) is 0.500. The van der Waals surface area contributed by atoms with Crippen molar-refractivity contribution >= 4 is 17.5 Å². The van der Waals surface area contributed by atoms with E-state index in [4.69, 9.17) is 26.8 Å². The van der Waals surface area contributed by atoms with Gasteiger partial charge in [0.25, 0.3) is 5.91 Å². The highest BCUT2D eigenvalue weighted by atomic mass is 35.5. The highest BCUT2D eigenvalue weighted by molar-refractivity contribution is 6.32. The molecule has 6 heteroatoms. The molecule has 0 spiro atoms. The van der Waals surface area contributed by atoms with E-state index in [0.29, 0.717) is 23.1 Å². The van der Waals surface area contributed by atoms with Crippen LogP contribution in [0.4, 0.5) is 0 Å². The van der Waals surface area contributed by atoms with E-state index in [9.17, 15) is 4.79 Å². The lowest BCUT2D eigenvalue weighted by molar-refractivity contribution is -0.119. The second kappa shape index (κ2) is 6.81. The second-order valence-electron chi connectivity index (χ2n) is 5.47. The topological polar surface area (TPSA) is 73.6 Å². The van der Waals surface area contributed by atoms with Crippen LogP contribution in [-0.2, 0) is 11.3 Å². The van der Waals surface area contributed by atoms with Gasteiger partial charge in [0.2, 0.25) is 0 Å². The second-order valence-corrected chi connectivity index (χ2v) is 5.87. The minimum absolute atomic E-state index is 0.000845. The summed E-state index contributed by atoms with van der Waals surface area (Å²) in [4.78, 5) is 10.8. The summed E-state index contributed by atoms with van der Waals surface area (Å²) in [6.45, 7) is 6.65. The first-order chi connectivity index (χ1) is 9.23. The number of benzene rings is 1. The molecule has 0 saturated heterocycles. The molecule has 0 bridgehead atoms. The molecule has 5 nitrogen and oxygen atoms in total. The Morgan fingerprint density at radius 3 is 2.55 bits per heavy atom. The third-order valence-electron chi connectivity index (χ3n) is 2.47. The largest absolute Gasteiger partial charge is 0.493 e. The number of amides is 1. The van der Waals surface area contributed by atoms with Crippen LogP contribution in [0, 0.1) is 0 Å². The van der Waals surface area contributed by atoms with E-state index in [1.165, 1.54) is 7.11 Å². The van der Waals surface area contributed by atoms with Crippen molar-refractivity contribution in [1.82, 2.24) is 5.32 Å². The number of hydrogen-bond donors (Lipinski definition) is 2. The number of carbonyl (C=O) groups excluding carboxylic acids is 1. The highest BCUT2D eigenvalue weighted by Gasteiger charge is 2.14. The zero-order chi connectivity index (χ0) is 15.3. The Morgan fingerprint density at radius 2 is 2.05 bits per heavy atom. The van der Waals surface area contributed by atoms with Crippen molar-refractivity contribution in [2.24, 2.45) is 5.73 Å². The van der Waals surface area contributed by atoms with Gasteiger partial charge in [-0.25, -0.2) is 0 Å². The van der Waals surface area contributed by atoms with Crippen molar-refractivity contribution < 1.29 is 14.3 Å². The predicted octanol–water partition coefficient (Wildman–Crippen LogP) is 2.10. The first kappa shape index (κ1) is 16.6. The van der Waals surface area contributed by atoms with Gasteiger partial charge in [0.1, 0.15) is 0 Å². The van der Waals surface area contributed by atoms with Gasteiger partial charge in [-0.15, -0.1) is 0 Å². The Kier molecular flexibility index (Phi) is 5.65. The molecule has 112 valence electrons. The van der Waals surface area contributed by atoms with Crippen LogP contribution in [0.5, 0.6) is 11.5 Å². The quantitative estimate of drug-likeness (QED) is 0.844. The molecule has 20 heavy (non-hydrogen) atoms. The summed E-state index contributed by atoms with van der Waals surface area (Å²) in [5.74, 6) is 0.235. The molecule has 0 aliphatic rings.